The number of rotatable bonds is 4. The normalized spacial score (nSPS) is 25.9. The molecular formula is C13H18FNO2S. The van der Waals surface area contributed by atoms with Crippen molar-refractivity contribution in [1.82, 2.24) is 5.32 Å². The molecule has 0 aromatic heterocycles. The first-order valence-electron chi connectivity index (χ1n) is 6.17. The van der Waals surface area contributed by atoms with Crippen molar-refractivity contribution >= 4 is 10.8 Å². The van der Waals surface area contributed by atoms with Crippen LogP contribution in [0.5, 0.6) is 0 Å². The maximum absolute atomic E-state index is 13.0. The number of benzene rings is 1. The first-order chi connectivity index (χ1) is 8.65. The van der Waals surface area contributed by atoms with Gasteiger partial charge in [0.1, 0.15) is 5.82 Å². The predicted octanol–water partition coefficient (Wildman–Crippen LogP) is 1.36. The number of nitrogens with one attached hydrogen (secondary N) is 1. The van der Waals surface area contributed by atoms with E-state index in [2.05, 4.69) is 5.32 Å². The zero-order valence-corrected chi connectivity index (χ0v) is 11.0. The van der Waals surface area contributed by atoms with Crippen LogP contribution in [0.2, 0.25) is 0 Å². The third-order valence-electron chi connectivity index (χ3n) is 3.22. The molecule has 0 amide bonds. The van der Waals surface area contributed by atoms with Gasteiger partial charge in [-0.1, -0.05) is 12.1 Å². The van der Waals surface area contributed by atoms with Crippen LogP contribution >= 0.6 is 0 Å². The van der Waals surface area contributed by atoms with Gasteiger partial charge in [-0.2, -0.15) is 0 Å². The Kier molecular flexibility index (Phi) is 4.86. The average molecular weight is 271 g/mol. The summed E-state index contributed by atoms with van der Waals surface area (Å²) in [6, 6.07) is 6.33. The standard InChI is InChI=1S/C13H18FNO2S/c14-11-3-1-2-10(8-11)13(16)9-15-12-4-6-18(17)7-5-12/h1-3,8,12-13,15-16H,4-7,9H2. The molecule has 1 unspecified atom stereocenters. The molecule has 1 aliphatic rings. The fraction of sp³-hybridized carbons (Fsp3) is 0.538. The lowest BCUT2D eigenvalue weighted by Gasteiger charge is -2.24. The van der Waals surface area contributed by atoms with Crippen LogP contribution in [0.25, 0.3) is 0 Å². The van der Waals surface area contributed by atoms with E-state index in [0.717, 1.165) is 24.3 Å². The van der Waals surface area contributed by atoms with Gasteiger partial charge in [0.25, 0.3) is 0 Å². The van der Waals surface area contributed by atoms with Crippen molar-refractivity contribution < 1.29 is 13.7 Å². The van der Waals surface area contributed by atoms with Crippen molar-refractivity contribution in [3.05, 3.63) is 35.6 Å². The van der Waals surface area contributed by atoms with Gasteiger partial charge in [-0.05, 0) is 30.5 Å². The van der Waals surface area contributed by atoms with E-state index in [-0.39, 0.29) is 5.82 Å². The Bertz CT molecular complexity index is 417. The highest BCUT2D eigenvalue weighted by molar-refractivity contribution is 7.85. The molecule has 1 aromatic carbocycles. The Morgan fingerprint density at radius 3 is 2.83 bits per heavy atom. The van der Waals surface area contributed by atoms with Crippen LogP contribution < -0.4 is 5.32 Å². The monoisotopic (exact) mass is 271 g/mol. The van der Waals surface area contributed by atoms with E-state index in [9.17, 15) is 13.7 Å². The maximum atomic E-state index is 13.0. The number of aliphatic hydroxyl groups excluding tert-OH is 1. The van der Waals surface area contributed by atoms with Gasteiger partial charge in [0, 0.05) is 34.9 Å². The highest BCUT2D eigenvalue weighted by Crippen LogP contribution is 2.15. The zero-order valence-electron chi connectivity index (χ0n) is 10.1. The minimum Gasteiger partial charge on any atom is -0.387 e. The lowest BCUT2D eigenvalue weighted by molar-refractivity contribution is 0.168. The fourth-order valence-corrected chi connectivity index (χ4v) is 3.41. The van der Waals surface area contributed by atoms with Crippen molar-refractivity contribution in [2.75, 3.05) is 18.1 Å². The van der Waals surface area contributed by atoms with Gasteiger partial charge in [0.15, 0.2) is 0 Å². The molecule has 1 atom stereocenters. The topological polar surface area (TPSA) is 49.3 Å². The summed E-state index contributed by atoms with van der Waals surface area (Å²) < 4.78 is 24.2. The van der Waals surface area contributed by atoms with Crippen molar-refractivity contribution in [2.45, 2.75) is 25.0 Å². The minimum absolute atomic E-state index is 0.311. The molecule has 0 aliphatic carbocycles. The smallest absolute Gasteiger partial charge is 0.123 e. The molecule has 1 fully saturated rings. The quantitative estimate of drug-likeness (QED) is 0.869. The van der Waals surface area contributed by atoms with E-state index in [1.807, 2.05) is 0 Å². The van der Waals surface area contributed by atoms with Crippen molar-refractivity contribution in [1.29, 1.82) is 0 Å². The van der Waals surface area contributed by atoms with Crippen LogP contribution in [-0.4, -0.2) is 33.4 Å². The van der Waals surface area contributed by atoms with Crippen LogP contribution in [0.4, 0.5) is 4.39 Å². The molecule has 0 radical (unpaired) electrons. The Balaban J connectivity index is 1.81. The second kappa shape index (κ2) is 6.41. The van der Waals surface area contributed by atoms with Crippen molar-refractivity contribution in [3.63, 3.8) is 0 Å². The highest BCUT2D eigenvalue weighted by atomic mass is 32.2. The maximum Gasteiger partial charge on any atom is 0.123 e. The molecule has 1 aliphatic heterocycles. The average Bonchev–Trinajstić information content (AvgIpc) is 2.38. The molecule has 100 valence electrons. The first-order valence-corrected chi connectivity index (χ1v) is 7.66. The summed E-state index contributed by atoms with van der Waals surface area (Å²) in [6.45, 7) is 0.404. The molecule has 0 bridgehead atoms. The third kappa shape index (κ3) is 3.86. The lowest BCUT2D eigenvalue weighted by Crippen LogP contribution is -2.37. The SMILES string of the molecule is O=S1CCC(NCC(O)c2cccc(F)c2)CC1. The molecular weight excluding hydrogens is 253 g/mol. The summed E-state index contributed by atoms with van der Waals surface area (Å²) in [5.74, 6) is 1.13. The summed E-state index contributed by atoms with van der Waals surface area (Å²) in [7, 11) is -0.666. The van der Waals surface area contributed by atoms with Crippen molar-refractivity contribution in [2.24, 2.45) is 0 Å². The molecule has 0 spiro atoms. The molecule has 2 rings (SSSR count). The number of halogens is 1. The molecule has 1 saturated heterocycles. The molecule has 3 nitrogen and oxygen atoms in total. The second-order valence-electron chi connectivity index (χ2n) is 4.60. The van der Waals surface area contributed by atoms with E-state index in [1.54, 1.807) is 12.1 Å². The highest BCUT2D eigenvalue weighted by Gasteiger charge is 2.18. The largest absolute Gasteiger partial charge is 0.387 e. The third-order valence-corrected chi connectivity index (χ3v) is 4.60. The van der Waals surface area contributed by atoms with Crippen LogP contribution in [-0.2, 0) is 10.8 Å². The van der Waals surface area contributed by atoms with Gasteiger partial charge in [-0.25, -0.2) is 4.39 Å². The Morgan fingerprint density at radius 2 is 2.17 bits per heavy atom. The summed E-state index contributed by atoms with van der Waals surface area (Å²) >= 11 is 0. The summed E-state index contributed by atoms with van der Waals surface area (Å²) in [4.78, 5) is 0. The van der Waals surface area contributed by atoms with Crippen LogP contribution in [0.3, 0.4) is 0 Å². The molecule has 1 heterocycles. The number of hydrogen-bond donors (Lipinski definition) is 2. The second-order valence-corrected chi connectivity index (χ2v) is 6.30. The molecule has 1 aromatic rings. The van der Waals surface area contributed by atoms with E-state index >= 15 is 0 Å². The Hall–Kier alpha value is -0.780. The molecule has 5 heteroatoms. The lowest BCUT2D eigenvalue weighted by atomic mass is 10.1. The van der Waals surface area contributed by atoms with Gasteiger partial charge in [0.2, 0.25) is 0 Å². The van der Waals surface area contributed by atoms with E-state index in [0.29, 0.717) is 18.2 Å². The van der Waals surface area contributed by atoms with Crippen LogP contribution in [0.1, 0.15) is 24.5 Å². The number of aliphatic hydroxyl groups is 1. The van der Waals surface area contributed by atoms with Gasteiger partial charge in [-0.15, -0.1) is 0 Å². The molecule has 18 heavy (non-hydrogen) atoms. The van der Waals surface area contributed by atoms with Crippen molar-refractivity contribution in [3.8, 4) is 0 Å². The summed E-state index contributed by atoms with van der Waals surface area (Å²) in [5, 5.41) is 13.2. The minimum atomic E-state index is -0.701. The zero-order chi connectivity index (χ0) is 13.0. The Morgan fingerprint density at radius 1 is 1.44 bits per heavy atom. The van der Waals surface area contributed by atoms with Gasteiger partial charge < -0.3 is 10.4 Å². The van der Waals surface area contributed by atoms with Crippen LogP contribution in [0, 0.1) is 5.82 Å². The fourth-order valence-electron chi connectivity index (χ4n) is 2.11. The van der Waals surface area contributed by atoms with Gasteiger partial charge in [0.05, 0.1) is 6.10 Å². The Labute approximate surface area is 109 Å². The predicted molar refractivity (Wildman–Crippen MR) is 70.3 cm³/mol. The summed E-state index contributed by atoms with van der Waals surface area (Å²) in [5.41, 5.74) is 0.585. The number of hydrogen-bond acceptors (Lipinski definition) is 3. The first kappa shape index (κ1) is 13.6. The molecule has 2 N–H and O–H groups in total. The van der Waals surface area contributed by atoms with E-state index in [4.69, 9.17) is 0 Å². The van der Waals surface area contributed by atoms with Gasteiger partial charge >= 0.3 is 0 Å². The van der Waals surface area contributed by atoms with Gasteiger partial charge in [-0.3, -0.25) is 4.21 Å². The summed E-state index contributed by atoms with van der Waals surface area (Å²) in [6.07, 6.45) is 1.05. The van der Waals surface area contributed by atoms with Crippen LogP contribution in [0.15, 0.2) is 24.3 Å². The van der Waals surface area contributed by atoms with E-state index < -0.39 is 16.9 Å². The molecule has 0 saturated carbocycles. The van der Waals surface area contributed by atoms with E-state index in [1.165, 1.54) is 12.1 Å².